The maximum atomic E-state index is 12.7. The van der Waals surface area contributed by atoms with Crippen LogP contribution in [0.4, 0.5) is 5.69 Å². The molecule has 1 amide bonds. The van der Waals surface area contributed by atoms with Crippen molar-refractivity contribution in [3.05, 3.63) is 30.3 Å². The van der Waals surface area contributed by atoms with Crippen LogP contribution in [0.3, 0.4) is 0 Å². The summed E-state index contributed by atoms with van der Waals surface area (Å²) in [6, 6.07) is 10.5. The largest absolute Gasteiger partial charge is 0.384 e. The van der Waals surface area contributed by atoms with Gasteiger partial charge in [0.2, 0.25) is 5.91 Å². The van der Waals surface area contributed by atoms with Gasteiger partial charge in [0, 0.05) is 32.4 Å². The minimum atomic E-state index is -0.384. The lowest BCUT2D eigenvalue weighted by Crippen LogP contribution is -2.52. The Morgan fingerprint density at radius 2 is 1.88 bits per heavy atom. The van der Waals surface area contributed by atoms with E-state index in [4.69, 9.17) is 4.74 Å². The van der Waals surface area contributed by atoms with Crippen LogP contribution in [0.15, 0.2) is 30.3 Å². The van der Waals surface area contributed by atoms with E-state index in [2.05, 4.69) is 41.6 Å². The van der Waals surface area contributed by atoms with Crippen LogP contribution in [0, 0.1) is 5.41 Å². The lowest BCUT2D eigenvalue weighted by Gasteiger charge is -2.36. The molecule has 1 saturated heterocycles. The van der Waals surface area contributed by atoms with Gasteiger partial charge < -0.3 is 20.3 Å². The lowest BCUT2D eigenvalue weighted by atomic mass is 9.78. The first-order valence-corrected chi connectivity index (χ1v) is 8.35. The summed E-state index contributed by atoms with van der Waals surface area (Å²) in [5.41, 5.74) is 0.771. The average Bonchev–Trinajstić information content (AvgIpc) is 2.60. The Morgan fingerprint density at radius 1 is 1.28 bits per heavy atom. The summed E-state index contributed by atoms with van der Waals surface area (Å²) >= 11 is 0. The van der Waals surface area contributed by atoms with Crippen LogP contribution in [0.2, 0.25) is 0 Å². The van der Waals surface area contributed by atoms with Crippen LogP contribution < -0.4 is 15.5 Å². The van der Waals surface area contributed by atoms with E-state index in [-0.39, 0.29) is 42.2 Å². The van der Waals surface area contributed by atoms with Gasteiger partial charge in [-0.2, -0.15) is 0 Å². The number of rotatable bonds is 7. The van der Waals surface area contributed by atoms with Gasteiger partial charge in [0.25, 0.3) is 0 Å². The predicted molar refractivity (Wildman–Crippen MR) is 108 cm³/mol. The van der Waals surface area contributed by atoms with E-state index in [0.717, 1.165) is 31.6 Å². The molecule has 1 aliphatic heterocycles. The molecule has 1 aromatic rings. The maximum absolute atomic E-state index is 12.7. The number of carbonyl (C=O) groups excluding carboxylic acids is 1. The quantitative estimate of drug-likeness (QED) is 0.749. The van der Waals surface area contributed by atoms with Gasteiger partial charge in [-0.15, -0.1) is 24.8 Å². The summed E-state index contributed by atoms with van der Waals surface area (Å²) in [5, 5.41) is 6.45. The summed E-state index contributed by atoms with van der Waals surface area (Å²) < 4.78 is 5.33. The third-order valence-electron chi connectivity index (χ3n) is 4.85. The summed E-state index contributed by atoms with van der Waals surface area (Å²) in [7, 11) is 3.73. The van der Waals surface area contributed by atoms with Gasteiger partial charge in [-0.05, 0) is 45.0 Å². The zero-order chi connectivity index (χ0) is 16.7. The molecule has 1 aromatic carbocycles. The first-order chi connectivity index (χ1) is 11.1. The first kappa shape index (κ1) is 24.0. The standard InChI is InChI=1S/C18H29N3O2.2ClH/c1-15(21(2)16-7-5-4-6-8-16)13-20-17(22)18(14-23-3)9-11-19-12-10-18;;/h4-8,15,19H,9-14H2,1-3H3,(H,20,22);2*1H. The maximum Gasteiger partial charge on any atom is 0.228 e. The molecule has 0 radical (unpaired) electrons. The van der Waals surface area contributed by atoms with Crippen LogP contribution in [0.5, 0.6) is 0 Å². The van der Waals surface area contributed by atoms with E-state index in [9.17, 15) is 4.79 Å². The second-order valence-electron chi connectivity index (χ2n) is 6.47. The van der Waals surface area contributed by atoms with E-state index in [1.54, 1.807) is 7.11 Å². The van der Waals surface area contributed by atoms with Crippen LogP contribution in [-0.2, 0) is 9.53 Å². The number of halogens is 2. The highest BCUT2D eigenvalue weighted by atomic mass is 35.5. The molecular formula is C18H31Cl2N3O2. The highest BCUT2D eigenvalue weighted by Gasteiger charge is 2.39. The molecule has 144 valence electrons. The number of nitrogens with one attached hydrogen (secondary N) is 2. The minimum Gasteiger partial charge on any atom is -0.384 e. The predicted octanol–water partition coefficient (Wildman–Crippen LogP) is 2.49. The molecule has 1 unspecified atom stereocenters. The Kier molecular flexibility index (Phi) is 11.1. The molecule has 1 aliphatic rings. The van der Waals surface area contributed by atoms with Crippen molar-refractivity contribution in [1.82, 2.24) is 10.6 Å². The normalized spacial score (nSPS) is 16.8. The summed E-state index contributed by atoms with van der Waals surface area (Å²) in [4.78, 5) is 14.9. The van der Waals surface area contributed by atoms with Gasteiger partial charge in [-0.1, -0.05) is 18.2 Å². The second kappa shape index (κ2) is 11.6. The van der Waals surface area contributed by atoms with Gasteiger partial charge in [-0.25, -0.2) is 0 Å². The number of piperidine rings is 1. The summed E-state index contributed by atoms with van der Waals surface area (Å²) in [6.07, 6.45) is 1.66. The fraction of sp³-hybridized carbons (Fsp3) is 0.611. The SMILES string of the molecule is COCC1(C(=O)NCC(C)N(C)c2ccccc2)CCNCC1.Cl.Cl. The molecule has 7 heteroatoms. The molecule has 0 bridgehead atoms. The molecule has 0 aliphatic carbocycles. The molecule has 2 N–H and O–H groups in total. The molecule has 1 heterocycles. The fourth-order valence-electron chi connectivity index (χ4n) is 3.10. The van der Waals surface area contributed by atoms with Crippen LogP contribution in [0.25, 0.3) is 0 Å². The first-order valence-electron chi connectivity index (χ1n) is 8.35. The van der Waals surface area contributed by atoms with Crippen molar-refractivity contribution in [2.24, 2.45) is 5.41 Å². The molecule has 0 saturated carbocycles. The van der Waals surface area contributed by atoms with Crippen molar-refractivity contribution in [2.75, 3.05) is 45.3 Å². The molecular weight excluding hydrogens is 361 g/mol. The Bertz CT molecular complexity index is 491. The molecule has 1 fully saturated rings. The fourth-order valence-corrected chi connectivity index (χ4v) is 3.10. The van der Waals surface area contributed by atoms with Gasteiger partial charge in [0.1, 0.15) is 0 Å². The number of hydrogen-bond acceptors (Lipinski definition) is 4. The van der Waals surface area contributed by atoms with Crippen molar-refractivity contribution < 1.29 is 9.53 Å². The topological polar surface area (TPSA) is 53.6 Å². The molecule has 1 atom stereocenters. The van der Waals surface area contributed by atoms with E-state index < -0.39 is 0 Å². The van der Waals surface area contributed by atoms with Crippen LogP contribution in [0.1, 0.15) is 19.8 Å². The zero-order valence-electron chi connectivity index (χ0n) is 15.3. The molecule has 5 nitrogen and oxygen atoms in total. The van der Waals surface area contributed by atoms with Gasteiger partial charge in [-0.3, -0.25) is 4.79 Å². The Morgan fingerprint density at radius 3 is 2.44 bits per heavy atom. The summed E-state index contributed by atoms with van der Waals surface area (Å²) in [5.74, 6) is 0.120. The Labute approximate surface area is 163 Å². The van der Waals surface area contributed by atoms with E-state index >= 15 is 0 Å². The number of para-hydroxylation sites is 1. The average molecular weight is 392 g/mol. The van der Waals surface area contributed by atoms with Crippen molar-refractivity contribution in [3.8, 4) is 0 Å². The minimum absolute atomic E-state index is 0. The molecule has 0 spiro atoms. The number of likely N-dealkylation sites (N-methyl/N-ethyl adjacent to an activating group) is 1. The number of hydrogen-bond donors (Lipinski definition) is 2. The van der Waals surface area contributed by atoms with Crippen LogP contribution >= 0.6 is 24.8 Å². The third kappa shape index (κ3) is 6.33. The van der Waals surface area contributed by atoms with Crippen molar-refractivity contribution in [1.29, 1.82) is 0 Å². The van der Waals surface area contributed by atoms with E-state index in [0.29, 0.717) is 13.2 Å². The summed E-state index contributed by atoms with van der Waals surface area (Å²) in [6.45, 7) is 4.98. The number of nitrogens with zero attached hydrogens (tertiary/aromatic N) is 1. The number of amides is 1. The smallest absolute Gasteiger partial charge is 0.228 e. The van der Waals surface area contributed by atoms with Crippen molar-refractivity contribution >= 4 is 36.4 Å². The molecule has 2 rings (SSSR count). The second-order valence-corrected chi connectivity index (χ2v) is 6.47. The van der Waals surface area contributed by atoms with E-state index in [1.807, 2.05) is 18.2 Å². The Balaban J connectivity index is 0.00000288. The highest BCUT2D eigenvalue weighted by Crippen LogP contribution is 2.29. The van der Waals surface area contributed by atoms with Gasteiger partial charge in [0.15, 0.2) is 0 Å². The monoisotopic (exact) mass is 391 g/mol. The number of carbonyl (C=O) groups is 1. The number of methoxy groups -OCH3 is 1. The Hall–Kier alpha value is -1.01. The number of benzene rings is 1. The van der Waals surface area contributed by atoms with Crippen molar-refractivity contribution in [3.63, 3.8) is 0 Å². The lowest BCUT2D eigenvalue weighted by molar-refractivity contribution is -0.136. The zero-order valence-corrected chi connectivity index (χ0v) is 16.9. The van der Waals surface area contributed by atoms with Crippen molar-refractivity contribution in [2.45, 2.75) is 25.8 Å². The molecule has 0 aromatic heterocycles. The van der Waals surface area contributed by atoms with Gasteiger partial charge in [0.05, 0.1) is 12.0 Å². The number of ether oxygens (including phenoxy) is 1. The molecule has 25 heavy (non-hydrogen) atoms. The highest BCUT2D eigenvalue weighted by molar-refractivity contribution is 5.85. The number of anilines is 1. The third-order valence-corrected chi connectivity index (χ3v) is 4.85. The van der Waals surface area contributed by atoms with Crippen LogP contribution in [-0.4, -0.2) is 52.3 Å². The van der Waals surface area contributed by atoms with E-state index in [1.165, 1.54) is 0 Å². The van der Waals surface area contributed by atoms with Gasteiger partial charge >= 0.3 is 0 Å².